The van der Waals surface area contributed by atoms with Gasteiger partial charge in [0.05, 0.1) is 12.3 Å². The fourth-order valence-electron chi connectivity index (χ4n) is 2.54. The Bertz CT molecular complexity index is 1020. The second-order valence-electron chi connectivity index (χ2n) is 5.91. The van der Waals surface area contributed by atoms with Crippen LogP contribution in [0.3, 0.4) is 0 Å². The molecule has 0 saturated carbocycles. The Labute approximate surface area is 157 Å². The van der Waals surface area contributed by atoms with Crippen molar-refractivity contribution >= 4 is 27.3 Å². The topological polar surface area (TPSA) is 128 Å². The predicted molar refractivity (Wildman–Crippen MR) is 91.5 cm³/mol. The van der Waals surface area contributed by atoms with Crippen molar-refractivity contribution in [3.05, 3.63) is 53.3 Å². The fourth-order valence-corrected chi connectivity index (χ4v) is 3.92. The van der Waals surface area contributed by atoms with Crippen LogP contribution >= 0.6 is 0 Å². The molecule has 0 fully saturated rings. The maximum absolute atomic E-state index is 13.3. The molecule has 1 aliphatic rings. The molecule has 8 nitrogen and oxygen atoms in total. The lowest BCUT2D eigenvalue weighted by molar-refractivity contribution is 0.0762. The van der Waals surface area contributed by atoms with E-state index in [2.05, 4.69) is 15.4 Å². The third-order valence-electron chi connectivity index (χ3n) is 3.94. The summed E-state index contributed by atoms with van der Waals surface area (Å²) >= 11 is 0. The number of hydrogen-bond donors (Lipinski definition) is 5. The van der Waals surface area contributed by atoms with E-state index >= 15 is 0 Å². The van der Waals surface area contributed by atoms with Crippen LogP contribution in [0.5, 0.6) is 0 Å². The molecule has 3 rings (SSSR count). The third kappa shape index (κ3) is 3.80. The van der Waals surface area contributed by atoms with Crippen molar-refractivity contribution in [2.24, 2.45) is 0 Å². The summed E-state index contributed by atoms with van der Waals surface area (Å²) in [6, 6.07) is 4.66. The highest BCUT2D eigenvalue weighted by Crippen LogP contribution is 2.28. The van der Waals surface area contributed by atoms with Gasteiger partial charge in [0.15, 0.2) is 17.5 Å². The van der Waals surface area contributed by atoms with Gasteiger partial charge in [-0.1, -0.05) is 0 Å². The van der Waals surface area contributed by atoms with E-state index in [1.807, 2.05) is 0 Å². The molecule has 12 heteroatoms. The van der Waals surface area contributed by atoms with Gasteiger partial charge < -0.3 is 20.8 Å². The van der Waals surface area contributed by atoms with Crippen molar-refractivity contribution in [1.82, 2.24) is 4.72 Å². The standard InChI is InChI=1S/C16H14F3N3O5S/c17-9-4-8(5-10(18)14(9)19)20-16(25)7-1-2-11-13(3-7)28(26,27)22-15(21-11)12(24)6-23/h1-5,12,15,21-24H,6H2,(H,20,25). The molecule has 2 aromatic rings. The van der Waals surface area contributed by atoms with Crippen LogP contribution in [0.2, 0.25) is 0 Å². The van der Waals surface area contributed by atoms with Gasteiger partial charge in [-0.15, -0.1) is 0 Å². The summed E-state index contributed by atoms with van der Waals surface area (Å²) in [6.45, 7) is -0.694. The molecule has 1 amide bonds. The quantitative estimate of drug-likeness (QED) is 0.467. The lowest BCUT2D eigenvalue weighted by atomic mass is 10.1. The molecule has 0 aromatic heterocycles. The number of fused-ring (bicyclic) bond motifs is 1. The molecule has 0 bridgehead atoms. The van der Waals surface area contributed by atoms with Crippen LogP contribution in [0.15, 0.2) is 35.2 Å². The van der Waals surface area contributed by atoms with Crippen LogP contribution in [0.4, 0.5) is 24.5 Å². The first-order valence-corrected chi connectivity index (χ1v) is 9.28. The van der Waals surface area contributed by atoms with E-state index in [9.17, 15) is 31.5 Å². The molecule has 28 heavy (non-hydrogen) atoms. The SMILES string of the molecule is O=C(Nc1cc(F)c(F)c(F)c1)c1ccc2c(c1)S(=O)(=O)NC(C(O)CO)N2. The van der Waals surface area contributed by atoms with Gasteiger partial charge in [-0.3, -0.25) is 4.79 Å². The maximum Gasteiger partial charge on any atom is 0.255 e. The lowest BCUT2D eigenvalue weighted by Gasteiger charge is -2.30. The number of halogens is 3. The average molecular weight is 417 g/mol. The molecule has 0 radical (unpaired) electrons. The third-order valence-corrected chi connectivity index (χ3v) is 5.42. The summed E-state index contributed by atoms with van der Waals surface area (Å²) in [5, 5.41) is 23.4. The molecular weight excluding hydrogens is 403 g/mol. The van der Waals surface area contributed by atoms with Gasteiger partial charge in [-0.25, -0.2) is 21.6 Å². The molecule has 1 aliphatic heterocycles. The minimum Gasteiger partial charge on any atom is -0.394 e. The van der Waals surface area contributed by atoms with E-state index in [1.165, 1.54) is 12.1 Å². The van der Waals surface area contributed by atoms with Crippen LogP contribution in [0.25, 0.3) is 0 Å². The number of rotatable bonds is 4. The van der Waals surface area contributed by atoms with Crippen molar-refractivity contribution < 1.29 is 36.6 Å². The highest BCUT2D eigenvalue weighted by molar-refractivity contribution is 7.89. The van der Waals surface area contributed by atoms with Crippen LogP contribution < -0.4 is 15.4 Å². The monoisotopic (exact) mass is 417 g/mol. The van der Waals surface area contributed by atoms with Gasteiger partial charge in [0.1, 0.15) is 17.2 Å². The molecule has 2 unspecified atom stereocenters. The zero-order chi connectivity index (χ0) is 20.6. The molecular formula is C16H14F3N3O5S. The normalized spacial score (nSPS) is 18.7. The molecule has 150 valence electrons. The van der Waals surface area contributed by atoms with Gasteiger partial charge in [0.2, 0.25) is 10.0 Å². The summed E-state index contributed by atoms with van der Waals surface area (Å²) in [7, 11) is -4.13. The van der Waals surface area contributed by atoms with E-state index in [-0.39, 0.29) is 21.8 Å². The molecule has 2 aromatic carbocycles. The van der Waals surface area contributed by atoms with Gasteiger partial charge in [-0.05, 0) is 18.2 Å². The molecule has 0 saturated heterocycles. The van der Waals surface area contributed by atoms with Crippen molar-refractivity contribution in [3.8, 4) is 0 Å². The highest BCUT2D eigenvalue weighted by atomic mass is 32.2. The first kappa shape index (κ1) is 20.1. The number of benzene rings is 2. The number of nitrogens with one attached hydrogen (secondary N) is 3. The molecule has 0 spiro atoms. The Kier molecular flexibility index (Phi) is 5.30. The molecule has 0 aliphatic carbocycles. The Morgan fingerprint density at radius 3 is 2.43 bits per heavy atom. The van der Waals surface area contributed by atoms with Gasteiger partial charge in [0.25, 0.3) is 5.91 Å². The minimum absolute atomic E-state index is 0.0756. The summed E-state index contributed by atoms with van der Waals surface area (Å²) < 4.78 is 66.3. The van der Waals surface area contributed by atoms with Gasteiger partial charge in [-0.2, -0.15) is 4.72 Å². The number of carbonyl (C=O) groups is 1. The number of hydrogen-bond acceptors (Lipinski definition) is 6. The fraction of sp³-hybridized carbons (Fsp3) is 0.188. The Hall–Kier alpha value is -2.67. The van der Waals surface area contributed by atoms with E-state index in [0.29, 0.717) is 12.1 Å². The highest BCUT2D eigenvalue weighted by Gasteiger charge is 2.33. The second kappa shape index (κ2) is 7.39. The van der Waals surface area contributed by atoms with Gasteiger partial charge >= 0.3 is 0 Å². The number of carbonyl (C=O) groups excluding carboxylic acids is 1. The van der Waals surface area contributed by atoms with Crippen molar-refractivity contribution in [2.75, 3.05) is 17.2 Å². The van der Waals surface area contributed by atoms with Crippen LogP contribution in [0.1, 0.15) is 10.4 Å². The largest absolute Gasteiger partial charge is 0.394 e. The predicted octanol–water partition coefficient (Wildman–Crippen LogP) is 0.739. The smallest absolute Gasteiger partial charge is 0.255 e. The van der Waals surface area contributed by atoms with Gasteiger partial charge in [0, 0.05) is 23.4 Å². The van der Waals surface area contributed by atoms with Crippen LogP contribution in [-0.2, 0) is 10.0 Å². The number of aliphatic hydroxyl groups is 2. The average Bonchev–Trinajstić information content (AvgIpc) is 2.64. The van der Waals surface area contributed by atoms with E-state index in [0.717, 1.165) is 6.07 Å². The lowest BCUT2D eigenvalue weighted by Crippen LogP contribution is -2.52. The Balaban J connectivity index is 1.89. The van der Waals surface area contributed by atoms with Crippen LogP contribution in [0, 0.1) is 17.5 Å². The van der Waals surface area contributed by atoms with Crippen LogP contribution in [-0.4, -0.2) is 43.4 Å². The molecule has 5 N–H and O–H groups in total. The Morgan fingerprint density at radius 2 is 1.82 bits per heavy atom. The number of amides is 1. The van der Waals surface area contributed by atoms with E-state index < -0.39 is 52.3 Å². The van der Waals surface area contributed by atoms with E-state index in [1.54, 1.807) is 0 Å². The minimum atomic E-state index is -4.13. The zero-order valence-corrected chi connectivity index (χ0v) is 14.7. The van der Waals surface area contributed by atoms with Crippen molar-refractivity contribution in [1.29, 1.82) is 0 Å². The summed E-state index contributed by atoms with van der Waals surface area (Å²) in [5.74, 6) is -5.56. The second-order valence-corrected chi connectivity index (χ2v) is 7.59. The molecule has 2 atom stereocenters. The number of anilines is 2. The maximum atomic E-state index is 13.3. The summed E-state index contributed by atoms with van der Waals surface area (Å²) in [6.07, 6.45) is -2.58. The summed E-state index contributed by atoms with van der Waals surface area (Å²) in [4.78, 5) is 12.0. The van der Waals surface area contributed by atoms with Crippen molar-refractivity contribution in [2.45, 2.75) is 17.2 Å². The first-order chi connectivity index (χ1) is 13.1. The number of aliphatic hydroxyl groups excluding tert-OH is 2. The Morgan fingerprint density at radius 1 is 1.18 bits per heavy atom. The first-order valence-electron chi connectivity index (χ1n) is 7.80. The van der Waals surface area contributed by atoms with Crippen molar-refractivity contribution in [3.63, 3.8) is 0 Å². The molecule has 1 heterocycles. The zero-order valence-electron chi connectivity index (χ0n) is 13.9. The summed E-state index contributed by atoms with van der Waals surface area (Å²) in [5.41, 5.74) is -0.437. The van der Waals surface area contributed by atoms with E-state index in [4.69, 9.17) is 5.11 Å². The number of sulfonamides is 1.